The smallest absolute Gasteiger partial charge is 0.269 e. The van der Waals surface area contributed by atoms with Crippen LogP contribution in [0, 0.1) is 10.1 Å². The van der Waals surface area contributed by atoms with E-state index >= 15 is 0 Å². The average molecular weight is 218 g/mol. The van der Waals surface area contributed by atoms with E-state index in [0.717, 1.165) is 13.0 Å². The molecule has 1 heterocycles. The van der Waals surface area contributed by atoms with Gasteiger partial charge >= 0.3 is 0 Å². The zero-order valence-electron chi connectivity index (χ0n) is 9.27. The summed E-state index contributed by atoms with van der Waals surface area (Å²) in [6.45, 7) is 1.01. The summed E-state index contributed by atoms with van der Waals surface area (Å²) in [7, 11) is 2.15. The second-order valence-corrected chi connectivity index (χ2v) is 4.80. The molecule has 4 heteroatoms. The molecule has 0 N–H and O–H groups in total. The van der Waals surface area contributed by atoms with Gasteiger partial charge in [0.1, 0.15) is 0 Å². The van der Waals surface area contributed by atoms with E-state index in [0.29, 0.717) is 0 Å². The predicted molar refractivity (Wildman–Crippen MR) is 60.3 cm³/mol. The van der Waals surface area contributed by atoms with Crippen LogP contribution in [0.3, 0.4) is 0 Å². The van der Waals surface area contributed by atoms with Gasteiger partial charge in [-0.15, -0.1) is 0 Å². The normalized spacial score (nSPS) is 21.8. The Hall–Kier alpha value is -1.42. The first-order chi connectivity index (χ1) is 7.63. The van der Waals surface area contributed by atoms with Crippen molar-refractivity contribution in [3.8, 4) is 0 Å². The monoisotopic (exact) mass is 218 g/mol. The minimum absolute atomic E-state index is 0.211. The summed E-state index contributed by atoms with van der Waals surface area (Å²) in [6, 6.07) is 5.34. The number of non-ortho nitro benzene ring substituents is 1. The highest BCUT2D eigenvalue weighted by atomic mass is 16.6. The number of nitro groups is 1. The molecular formula is C12H14N2O2. The van der Waals surface area contributed by atoms with Crippen molar-refractivity contribution in [3.63, 3.8) is 0 Å². The summed E-state index contributed by atoms with van der Waals surface area (Å²) < 4.78 is 0. The van der Waals surface area contributed by atoms with Crippen LogP contribution in [-0.2, 0) is 12.0 Å². The fourth-order valence-electron chi connectivity index (χ4n) is 2.83. The van der Waals surface area contributed by atoms with Crippen LogP contribution in [0.5, 0.6) is 0 Å². The Balaban J connectivity index is 2.09. The first-order valence-corrected chi connectivity index (χ1v) is 5.62. The van der Waals surface area contributed by atoms with Crippen LogP contribution in [0.25, 0.3) is 0 Å². The molecule has 1 fully saturated rings. The lowest BCUT2D eigenvalue weighted by molar-refractivity contribution is -0.385. The van der Waals surface area contributed by atoms with Crippen LogP contribution in [0.2, 0.25) is 0 Å². The molecule has 0 aromatic heterocycles. The molecule has 1 saturated carbocycles. The van der Waals surface area contributed by atoms with Crippen LogP contribution in [0.1, 0.15) is 24.0 Å². The van der Waals surface area contributed by atoms with Crippen molar-refractivity contribution in [3.05, 3.63) is 39.4 Å². The summed E-state index contributed by atoms with van der Waals surface area (Å²) in [6.07, 6.45) is 3.30. The Morgan fingerprint density at radius 1 is 1.44 bits per heavy atom. The molecule has 0 radical (unpaired) electrons. The van der Waals surface area contributed by atoms with E-state index in [1.807, 2.05) is 6.07 Å². The maximum Gasteiger partial charge on any atom is 0.269 e. The lowest BCUT2D eigenvalue weighted by atomic mass is 9.90. The number of hydrogen-bond acceptors (Lipinski definition) is 3. The Bertz CT molecular complexity index is 466. The molecule has 84 valence electrons. The zero-order valence-corrected chi connectivity index (χ0v) is 9.27. The minimum Gasteiger partial charge on any atom is -0.296 e. The summed E-state index contributed by atoms with van der Waals surface area (Å²) in [5.41, 5.74) is 2.92. The highest BCUT2D eigenvalue weighted by Crippen LogP contribution is 2.53. The molecule has 1 aliphatic heterocycles. The van der Waals surface area contributed by atoms with Crippen molar-refractivity contribution in [2.45, 2.75) is 24.8 Å². The van der Waals surface area contributed by atoms with E-state index in [4.69, 9.17) is 0 Å². The van der Waals surface area contributed by atoms with Gasteiger partial charge < -0.3 is 0 Å². The summed E-state index contributed by atoms with van der Waals surface area (Å²) in [5, 5.41) is 10.7. The van der Waals surface area contributed by atoms with Gasteiger partial charge in [0.25, 0.3) is 5.69 Å². The SMILES string of the molecule is CN1CCc2cc([N+](=O)[O-])ccc2C12CC2. The third kappa shape index (κ3) is 1.19. The first kappa shape index (κ1) is 9.78. The van der Waals surface area contributed by atoms with Crippen LogP contribution >= 0.6 is 0 Å². The Kier molecular flexibility index (Phi) is 1.86. The summed E-state index contributed by atoms with van der Waals surface area (Å²) >= 11 is 0. The molecule has 0 saturated heterocycles. The second-order valence-electron chi connectivity index (χ2n) is 4.80. The maximum absolute atomic E-state index is 10.7. The van der Waals surface area contributed by atoms with Gasteiger partial charge in [-0.2, -0.15) is 0 Å². The molecule has 4 nitrogen and oxygen atoms in total. The molecule has 1 aromatic carbocycles. The number of hydrogen-bond donors (Lipinski definition) is 0. The molecular weight excluding hydrogens is 204 g/mol. The number of nitrogens with zero attached hydrogens (tertiary/aromatic N) is 2. The van der Waals surface area contributed by atoms with Crippen molar-refractivity contribution < 1.29 is 4.92 Å². The number of rotatable bonds is 1. The first-order valence-electron chi connectivity index (χ1n) is 5.62. The molecule has 2 aliphatic rings. The zero-order chi connectivity index (χ0) is 11.3. The van der Waals surface area contributed by atoms with Gasteiger partial charge in [0.05, 0.1) is 4.92 Å². The van der Waals surface area contributed by atoms with Crippen LogP contribution < -0.4 is 0 Å². The fourth-order valence-corrected chi connectivity index (χ4v) is 2.83. The number of fused-ring (bicyclic) bond motifs is 2. The molecule has 0 atom stereocenters. The average Bonchev–Trinajstić information content (AvgIpc) is 3.05. The number of benzene rings is 1. The van der Waals surface area contributed by atoms with Crippen LogP contribution in [-0.4, -0.2) is 23.4 Å². The minimum atomic E-state index is -0.307. The quantitative estimate of drug-likeness (QED) is 0.535. The fraction of sp³-hybridized carbons (Fsp3) is 0.500. The van der Waals surface area contributed by atoms with E-state index in [2.05, 4.69) is 11.9 Å². The lowest BCUT2D eigenvalue weighted by Crippen LogP contribution is -2.38. The van der Waals surface area contributed by atoms with Gasteiger partial charge in [0.15, 0.2) is 0 Å². The van der Waals surface area contributed by atoms with E-state index in [-0.39, 0.29) is 16.1 Å². The Morgan fingerprint density at radius 3 is 2.81 bits per heavy atom. The Labute approximate surface area is 94.0 Å². The topological polar surface area (TPSA) is 46.4 Å². The Morgan fingerprint density at radius 2 is 2.19 bits per heavy atom. The van der Waals surface area contributed by atoms with Crippen LogP contribution in [0.4, 0.5) is 5.69 Å². The van der Waals surface area contributed by atoms with E-state index in [1.165, 1.54) is 24.0 Å². The van der Waals surface area contributed by atoms with Gasteiger partial charge in [-0.05, 0) is 37.4 Å². The van der Waals surface area contributed by atoms with E-state index < -0.39 is 0 Å². The van der Waals surface area contributed by atoms with Crippen molar-refractivity contribution in [2.75, 3.05) is 13.6 Å². The molecule has 0 amide bonds. The molecule has 1 spiro atoms. The second kappa shape index (κ2) is 3.04. The number of nitro benzene ring substituents is 1. The van der Waals surface area contributed by atoms with Crippen molar-refractivity contribution in [1.29, 1.82) is 0 Å². The van der Waals surface area contributed by atoms with E-state index in [9.17, 15) is 10.1 Å². The lowest BCUT2D eigenvalue weighted by Gasteiger charge is -2.34. The van der Waals surface area contributed by atoms with Crippen molar-refractivity contribution in [1.82, 2.24) is 4.90 Å². The molecule has 0 unspecified atom stereocenters. The van der Waals surface area contributed by atoms with Crippen LogP contribution in [0.15, 0.2) is 18.2 Å². The summed E-state index contributed by atoms with van der Waals surface area (Å²) in [5.74, 6) is 0. The molecule has 0 bridgehead atoms. The number of likely N-dealkylation sites (N-methyl/N-ethyl adjacent to an activating group) is 1. The summed E-state index contributed by atoms with van der Waals surface area (Å²) in [4.78, 5) is 12.8. The molecule has 16 heavy (non-hydrogen) atoms. The largest absolute Gasteiger partial charge is 0.296 e. The van der Waals surface area contributed by atoms with Gasteiger partial charge in [-0.25, -0.2) is 0 Å². The van der Waals surface area contributed by atoms with Gasteiger partial charge in [0.2, 0.25) is 0 Å². The predicted octanol–water partition coefficient (Wildman–Crippen LogP) is 2.07. The van der Waals surface area contributed by atoms with Crippen molar-refractivity contribution in [2.24, 2.45) is 0 Å². The van der Waals surface area contributed by atoms with Gasteiger partial charge in [-0.3, -0.25) is 15.0 Å². The maximum atomic E-state index is 10.7. The van der Waals surface area contributed by atoms with Crippen molar-refractivity contribution >= 4 is 5.69 Å². The van der Waals surface area contributed by atoms with Gasteiger partial charge in [-0.1, -0.05) is 6.07 Å². The highest BCUT2D eigenvalue weighted by Gasteiger charge is 2.50. The van der Waals surface area contributed by atoms with E-state index in [1.54, 1.807) is 12.1 Å². The molecule has 1 aromatic rings. The molecule has 1 aliphatic carbocycles. The third-order valence-electron chi connectivity index (χ3n) is 3.97. The van der Waals surface area contributed by atoms with Gasteiger partial charge in [0, 0.05) is 24.2 Å². The standard InChI is InChI=1S/C12H14N2O2/c1-13-7-4-9-8-10(14(15)16)2-3-11(9)12(13)5-6-12/h2-3,8H,4-7H2,1H3. The third-order valence-corrected chi connectivity index (χ3v) is 3.97. The molecule has 3 rings (SSSR count). The highest BCUT2D eigenvalue weighted by molar-refractivity contribution is 5.47.